The number of piperazine rings is 1. The van der Waals surface area contributed by atoms with Crippen LogP contribution in [-0.2, 0) is 14.8 Å². The van der Waals surface area contributed by atoms with E-state index in [1.54, 1.807) is 31.4 Å². The lowest BCUT2D eigenvalue weighted by Crippen LogP contribution is -2.51. The normalized spacial score (nSPS) is 17.1. The highest BCUT2D eigenvalue weighted by atomic mass is 32.2. The van der Waals surface area contributed by atoms with Gasteiger partial charge in [-0.1, -0.05) is 26.7 Å². The first kappa shape index (κ1) is 20.7. The van der Waals surface area contributed by atoms with E-state index in [4.69, 9.17) is 4.74 Å². The molecule has 0 spiro atoms. The zero-order valence-electron chi connectivity index (χ0n) is 16.0. The van der Waals surface area contributed by atoms with Crippen molar-refractivity contribution in [1.29, 1.82) is 0 Å². The molecule has 1 fully saturated rings. The molecule has 1 amide bonds. The molecular weight excluding hydrogens is 352 g/mol. The fraction of sp³-hybridized carbons (Fsp3) is 0.632. The second-order valence-corrected chi connectivity index (χ2v) is 8.59. The Balaban J connectivity index is 1.99. The molecule has 1 aliphatic heterocycles. The average molecular weight is 383 g/mol. The summed E-state index contributed by atoms with van der Waals surface area (Å²) in [4.78, 5) is 14.8. The smallest absolute Gasteiger partial charge is 0.243 e. The topological polar surface area (TPSA) is 66.9 Å². The predicted molar refractivity (Wildman–Crippen MR) is 102 cm³/mol. The van der Waals surface area contributed by atoms with E-state index in [0.29, 0.717) is 31.9 Å². The number of amides is 1. The van der Waals surface area contributed by atoms with Gasteiger partial charge in [-0.2, -0.15) is 4.31 Å². The van der Waals surface area contributed by atoms with Crippen molar-refractivity contribution in [3.05, 3.63) is 24.3 Å². The van der Waals surface area contributed by atoms with Crippen molar-refractivity contribution in [2.24, 2.45) is 5.92 Å². The molecule has 0 aliphatic carbocycles. The summed E-state index contributed by atoms with van der Waals surface area (Å²) in [5.41, 5.74) is 0. The van der Waals surface area contributed by atoms with E-state index in [2.05, 4.69) is 6.92 Å². The summed E-state index contributed by atoms with van der Waals surface area (Å²) >= 11 is 0. The van der Waals surface area contributed by atoms with E-state index < -0.39 is 10.0 Å². The number of carbonyl (C=O) groups is 1. The van der Waals surface area contributed by atoms with Gasteiger partial charge in [0.1, 0.15) is 5.75 Å². The van der Waals surface area contributed by atoms with E-state index >= 15 is 0 Å². The molecule has 6 nitrogen and oxygen atoms in total. The lowest BCUT2D eigenvalue weighted by molar-refractivity contribution is -0.137. The number of methoxy groups -OCH3 is 1. The van der Waals surface area contributed by atoms with Crippen LogP contribution >= 0.6 is 0 Å². The number of hydrogen-bond donors (Lipinski definition) is 0. The minimum Gasteiger partial charge on any atom is -0.497 e. The number of ether oxygens (including phenoxy) is 1. The van der Waals surface area contributed by atoms with Gasteiger partial charge in [-0.05, 0) is 37.1 Å². The number of sulfonamides is 1. The second kappa shape index (κ2) is 9.37. The second-order valence-electron chi connectivity index (χ2n) is 6.65. The molecule has 1 saturated heterocycles. The van der Waals surface area contributed by atoms with Gasteiger partial charge in [-0.25, -0.2) is 8.42 Å². The standard InChI is InChI=1S/C19H30N2O4S/c1-4-6-7-16(5-2)19(22)20-12-14-21(15-13-20)26(23,24)18-10-8-17(25-3)9-11-18/h8-11,16H,4-7,12-15H2,1-3H3. The Morgan fingerprint density at radius 1 is 1.12 bits per heavy atom. The fourth-order valence-electron chi connectivity index (χ4n) is 3.26. The average Bonchev–Trinajstić information content (AvgIpc) is 2.68. The molecular formula is C19H30N2O4S. The molecule has 0 aromatic heterocycles. The zero-order chi connectivity index (χ0) is 19.2. The van der Waals surface area contributed by atoms with Crippen molar-refractivity contribution in [3.8, 4) is 5.75 Å². The SMILES string of the molecule is CCCCC(CC)C(=O)N1CCN(S(=O)(=O)c2ccc(OC)cc2)CC1. The molecule has 146 valence electrons. The Morgan fingerprint density at radius 3 is 2.23 bits per heavy atom. The molecule has 1 aliphatic rings. The fourth-order valence-corrected chi connectivity index (χ4v) is 4.68. The summed E-state index contributed by atoms with van der Waals surface area (Å²) in [5, 5.41) is 0. The molecule has 7 heteroatoms. The maximum absolute atomic E-state index is 12.8. The van der Waals surface area contributed by atoms with Crippen molar-refractivity contribution < 1.29 is 17.9 Å². The molecule has 1 aromatic carbocycles. The number of nitrogens with zero attached hydrogens (tertiary/aromatic N) is 2. The van der Waals surface area contributed by atoms with Gasteiger partial charge in [0.05, 0.1) is 12.0 Å². The summed E-state index contributed by atoms with van der Waals surface area (Å²) in [5.74, 6) is 0.846. The van der Waals surface area contributed by atoms with Gasteiger partial charge in [0.15, 0.2) is 0 Å². The monoisotopic (exact) mass is 382 g/mol. The Labute approximate surface area is 157 Å². The third-order valence-electron chi connectivity index (χ3n) is 5.00. The van der Waals surface area contributed by atoms with Gasteiger partial charge in [0, 0.05) is 32.1 Å². The van der Waals surface area contributed by atoms with Gasteiger partial charge in [0.2, 0.25) is 15.9 Å². The molecule has 1 aromatic rings. The minimum atomic E-state index is -3.54. The summed E-state index contributed by atoms with van der Waals surface area (Å²) < 4.78 is 32.1. The predicted octanol–water partition coefficient (Wildman–Crippen LogP) is 2.74. The van der Waals surface area contributed by atoms with Gasteiger partial charge in [0.25, 0.3) is 0 Å². The van der Waals surface area contributed by atoms with Crippen LogP contribution in [0.25, 0.3) is 0 Å². The molecule has 26 heavy (non-hydrogen) atoms. The highest BCUT2D eigenvalue weighted by Gasteiger charge is 2.31. The van der Waals surface area contributed by atoms with Crippen LogP contribution in [0.5, 0.6) is 5.75 Å². The summed E-state index contributed by atoms with van der Waals surface area (Å²) in [6.45, 7) is 5.75. The molecule has 0 saturated carbocycles. The van der Waals surface area contributed by atoms with Crippen LogP contribution in [0, 0.1) is 5.92 Å². The first-order chi connectivity index (χ1) is 12.4. The van der Waals surface area contributed by atoms with Gasteiger partial charge in [-0.3, -0.25) is 4.79 Å². The van der Waals surface area contributed by atoms with E-state index in [-0.39, 0.29) is 16.7 Å². The third-order valence-corrected chi connectivity index (χ3v) is 6.91. The van der Waals surface area contributed by atoms with Gasteiger partial charge in [-0.15, -0.1) is 0 Å². The molecule has 0 N–H and O–H groups in total. The maximum Gasteiger partial charge on any atom is 0.243 e. The molecule has 2 rings (SSSR count). The van der Waals surface area contributed by atoms with Crippen molar-refractivity contribution in [3.63, 3.8) is 0 Å². The number of unbranched alkanes of at least 4 members (excludes halogenated alkanes) is 1. The van der Waals surface area contributed by atoms with E-state index in [1.165, 1.54) is 4.31 Å². The molecule has 1 unspecified atom stereocenters. The molecule has 0 radical (unpaired) electrons. The Morgan fingerprint density at radius 2 is 1.73 bits per heavy atom. The highest BCUT2D eigenvalue weighted by molar-refractivity contribution is 7.89. The number of rotatable bonds is 8. The summed E-state index contributed by atoms with van der Waals surface area (Å²) in [7, 11) is -1.99. The highest BCUT2D eigenvalue weighted by Crippen LogP contribution is 2.22. The Bertz CT molecular complexity index is 680. The van der Waals surface area contributed by atoms with E-state index in [9.17, 15) is 13.2 Å². The number of hydrogen-bond acceptors (Lipinski definition) is 4. The van der Waals surface area contributed by atoms with Gasteiger partial charge < -0.3 is 9.64 Å². The van der Waals surface area contributed by atoms with Crippen LogP contribution in [0.1, 0.15) is 39.5 Å². The first-order valence-electron chi connectivity index (χ1n) is 9.37. The lowest BCUT2D eigenvalue weighted by Gasteiger charge is -2.35. The maximum atomic E-state index is 12.8. The van der Waals surface area contributed by atoms with Crippen LogP contribution in [0.15, 0.2) is 29.2 Å². The Hall–Kier alpha value is -1.60. The summed E-state index contributed by atoms with van der Waals surface area (Å²) in [6, 6.07) is 6.41. The van der Waals surface area contributed by atoms with E-state index in [0.717, 1.165) is 25.7 Å². The Kier molecular flexibility index (Phi) is 7.46. The van der Waals surface area contributed by atoms with Gasteiger partial charge >= 0.3 is 0 Å². The largest absolute Gasteiger partial charge is 0.497 e. The van der Waals surface area contributed by atoms with E-state index in [1.807, 2.05) is 11.8 Å². The quantitative estimate of drug-likeness (QED) is 0.693. The lowest BCUT2D eigenvalue weighted by atomic mass is 9.97. The first-order valence-corrected chi connectivity index (χ1v) is 10.8. The molecule has 1 heterocycles. The van der Waals surface area contributed by atoms with Crippen molar-refractivity contribution in [1.82, 2.24) is 9.21 Å². The molecule has 0 bridgehead atoms. The summed E-state index contributed by atoms with van der Waals surface area (Å²) in [6.07, 6.45) is 3.88. The van der Waals surface area contributed by atoms with Crippen LogP contribution in [0.3, 0.4) is 0 Å². The van der Waals surface area contributed by atoms with Crippen molar-refractivity contribution in [2.45, 2.75) is 44.4 Å². The molecule has 1 atom stereocenters. The number of benzene rings is 1. The van der Waals surface area contributed by atoms with Crippen LogP contribution < -0.4 is 4.74 Å². The van der Waals surface area contributed by atoms with Crippen molar-refractivity contribution in [2.75, 3.05) is 33.3 Å². The van der Waals surface area contributed by atoms with Crippen LogP contribution in [0.2, 0.25) is 0 Å². The zero-order valence-corrected chi connectivity index (χ0v) is 16.8. The number of carbonyl (C=O) groups excluding carboxylic acids is 1. The minimum absolute atomic E-state index is 0.0553. The van der Waals surface area contributed by atoms with Crippen LogP contribution in [0.4, 0.5) is 0 Å². The van der Waals surface area contributed by atoms with Crippen molar-refractivity contribution >= 4 is 15.9 Å². The third kappa shape index (κ3) is 4.76. The van der Waals surface area contributed by atoms with Crippen LogP contribution in [-0.4, -0.2) is 56.8 Å².